The Bertz CT molecular complexity index is 933. The number of β-amino-alcohol motifs (C(OH)–C–C–N with tert-alkyl or cyclic N) is 1. The van der Waals surface area contributed by atoms with Crippen molar-refractivity contribution in [2.24, 2.45) is 0 Å². The number of sulfonamides is 2. The van der Waals surface area contributed by atoms with Gasteiger partial charge in [0, 0.05) is 13.1 Å². The third-order valence-electron chi connectivity index (χ3n) is 4.46. The second kappa shape index (κ2) is 7.33. The molecule has 0 radical (unpaired) electrons. The quantitative estimate of drug-likeness (QED) is 0.820. The second-order valence-corrected chi connectivity index (χ2v) is 10.6. The monoisotopic (exact) mass is 410 g/mol. The van der Waals surface area contributed by atoms with Crippen molar-refractivity contribution in [1.82, 2.24) is 8.61 Å². The Kier molecular flexibility index (Phi) is 5.42. The fraction of sp³-hybridized carbons (Fsp3) is 0.333. The molecule has 0 aromatic heterocycles. The van der Waals surface area contributed by atoms with Gasteiger partial charge in [-0.15, -0.1) is 0 Å². The normalized spacial score (nSPS) is 17.9. The summed E-state index contributed by atoms with van der Waals surface area (Å²) < 4.78 is 53.6. The van der Waals surface area contributed by atoms with Crippen LogP contribution in [0, 0.1) is 13.8 Å². The molecular weight excluding hydrogens is 388 g/mol. The number of aliphatic hydroxyl groups is 1. The first kappa shape index (κ1) is 20.0. The maximum Gasteiger partial charge on any atom is 0.244 e. The average Bonchev–Trinajstić information content (AvgIpc) is 2.62. The summed E-state index contributed by atoms with van der Waals surface area (Å²) in [5.41, 5.74) is 1.83. The van der Waals surface area contributed by atoms with Crippen LogP contribution in [0.3, 0.4) is 0 Å². The summed E-state index contributed by atoms with van der Waals surface area (Å²) in [7, 11) is -7.85. The Morgan fingerprint density at radius 1 is 0.741 bits per heavy atom. The minimum absolute atomic E-state index is 0.0647. The van der Waals surface area contributed by atoms with Gasteiger partial charge >= 0.3 is 0 Å². The average molecular weight is 411 g/mol. The molecule has 0 spiro atoms. The first-order valence-corrected chi connectivity index (χ1v) is 11.3. The van der Waals surface area contributed by atoms with E-state index < -0.39 is 26.2 Å². The van der Waals surface area contributed by atoms with E-state index in [9.17, 15) is 21.9 Å². The topological polar surface area (TPSA) is 95.0 Å². The van der Waals surface area contributed by atoms with Crippen molar-refractivity contribution in [2.75, 3.05) is 19.8 Å². The van der Waals surface area contributed by atoms with Crippen molar-refractivity contribution >= 4 is 20.0 Å². The number of hydrogen-bond donors (Lipinski definition) is 1. The van der Waals surface area contributed by atoms with Crippen LogP contribution in [-0.2, 0) is 20.0 Å². The molecule has 0 bridgehead atoms. The van der Waals surface area contributed by atoms with Crippen LogP contribution in [-0.4, -0.2) is 56.4 Å². The minimum Gasteiger partial charge on any atom is -0.390 e. The molecule has 3 rings (SSSR count). The van der Waals surface area contributed by atoms with Crippen molar-refractivity contribution < 1.29 is 21.9 Å². The van der Waals surface area contributed by atoms with Crippen LogP contribution >= 0.6 is 0 Å². The van der Waals surface area contributed by atoms with Crippen LogP contribution in [0.5, 0.6) is 0 Å². The zero-order chi connectivity index (χ0) is 19.8. The molecule has 1 heterocycles. The van der Waals surface area contributed by atoms with Crippen LogP contribution in [0.1, 0.15) is 11.1 Å². The van der Waals surface area contributed by atoms with Crippen molar-refractivity contribution in [3.63, 3.8) is 0 Å². The van der Waals surface area contributed by atoms with Gasteiger partial charge in [-0.2, -0.15) is 8.61 Å². The number of rotatable bonds is 4. The van der Waals surface area contributed by atoms with E-state index in [0.717, 1.165) is 19.7 Å². The molecule has 1 N–H and O–H groups in total. The van der Waals surface area contributed by atoms with Gasteiger partial charge in [-0.1, -0.05) is 35.4 Å². The summed E-state index contributed by atoms with van der Waals surface area (Å²) in [6.45, 7) is 3.03. The molecule has 1 saturated heterocycles. The van der Waals surface area contributed by atoms with Gasteiger partial charge in [0.25, 0.3) is 0 Å². The number of aliphatic hydroxyl groups excluding tert-OH is 1. The molecule has 0 unspecified atom stereocenters. The molecule has 146 valence electrons. The van der Waals surface area contributed by atoms with Crippen LogP contribution in [0.25, 0.3) is 0 Å². The molecule has 0 aliphatic carbocycles. The third kappa shape index (κ3) is 4.07. The van der Waals surface area contributed by atoms with Gasteiger partial charge in [0.15, 0.2) is 0 Å². The predicted octanol–water partition coefficient (Wildman–Crippen LogP) is 1.32. The lowest BCUT2D eigenvalue weighted by atomic mass is 10.2. The molecule has 0 saturated carbocycles. The van der Waals surface area contributed by atoms with Crippen molar-refractivity contribution in [3.8, 4) is 0 Å². The number of nitrogens with zero attached hydrogens (tertiary/aromatic N) is 2. The highest BCUT2D eigenvalue weighted by atomic mass is 32.2. The maximum atomic E-state index is 12.9. The largest absolute Gasteiger partial charge is 0.390 e. The third-order valence-corrected chi connectivity index (χ3v) is 8.09. The zero-order valence-electron chi connectivity index (χ0n) is 15.1. The van der Waals surface area contributed by atoms with Crippen molar-refractivity contribution in [1.29, 1.82) is 0 Å². The molecule has 2 aromatic rings. The van der Waals surface area contributed by atoms with Gasteiger partial charge in [-0.25, -0.2) is 16.8 Å². The van der Waals surface area contributed by atoms with Gasteiger partial charge in [-0.3, -0.25) is 0 Å². The van der Waals surface area contributed by atoms with Gasteiger partial charge in [-0.05, 0) is 38.1 Å². The van der Waals surface area contributed by atoms with E-state index in [2.05, 4.69) is 0 Å². The Hall–Kier alpha value is -1.78. The highest BCUT2D eigenvalue weighted by Gasteiger charge is 2.38. The SMILES string of the molecule is Cc1ccc(S(=O)(=O)N2CC(O)CN(S(=O)(=O)c3ccc(C)cc3)C2)cc1. The summed E-state index contributed by atoms with van der Waals surface area (Å²) in [6.07, 6.45) is -1.11. The molecular formula is C18H22N2O5S2. The minimum atomic E-state index is -3.93. The fourth-order valence-electron chi connectivity index (χ4n) is 2.89. The van der Waals surface area contributed by atoms with E-state index in [1.54, 1.807) is 24.3 Å². The molecule has 7 nitrogen and oxygen atoms in total. The number of aryl methyl sites for hydroxylation is 2. The van der Waals surface area contributed by atoms with E-state index in [1.807, 2.05) is 13.8 Å². The molecule has 1 aliphatic heterocycles. The lowest BCUT2D eigenvalue weighted by Gasteiger charge is -2.36. The van der Waals surface area contributed by atoms with Gasteiger partial charge in [0.05, 0.1) is 22.6 Å². The van der Waals surface area contributed by atoms with Crippen LogP contribution in [0.15, 0.2) is 58.3 Å². The van der Waals surface area contributed by atoms with Crippen LogP contribution in [0.4, 0.5) is 0 Å². The van der Waals surface area contributed by atoms with E-state index in [1.165, 1.54) is 24.3 Å². The maximum absolute atomic E-state index is 12.9. The molecule has 0 amide bonds. The predicted molar refractivity (Wildman–Crippen MR) is 101 cm³/mol. The summed E-state index contributed by atoms with van der Waals surface area (Å²) in [5.74, 6) is 0. The molecule has 1 aliphatic rings. The molecule has 9 heteroatoms. The zero-order valence-corrected chi connectivity index (χ0v) is 16.7. The van der Waals surface area contributed by atoms with Gasteiger partial charge < -0.3 is 5.11 Å². The Labute approximate surface area is 160 Å². The van der Waals surface area contributed by atoms with E-state index in [4.69, 9.17) is 0 Å². The lowest BCUT2D eigenvalue weighted by molar-refractivity contribution is 0.0696. The van der Waals surface area contributed by atoms with Crippen LogP contribution in [0.2, 0.25) is 0 Å². The first-order valence-electron chi connectivity index (χ1n) is 8.42. The van der Waals surface area contributed by atoms with Crippen LogP contribution < -0.4 is 0 Å². The summed E-state index contributed by atoms with van der Waals surface area (Å²) in [6, 6.07) is 12.6. The summed E-state index contributed by atoms with van der Waals surface area (Å²) in [5, 5.41) is 10.1. The lowest BCUT2D eigenvalue weighted by Crippen LogP contribution is -2.55. The highest BCUT2D eigenvalue weighted by molar-refractivity contribution is 7.90. The molecule has 0 atom stereocenters. The Morgan fingerprint density at radius 2 is 1.07 bits per heavy atom. The second-order valence-electron chi connectivity index (χ2n) is 6.70. The Morgan fingerprint density at radius 3 is 1.41 bits per heavy atom. The number of hydrogen-bond acceptors (Lipinski definition) is 5. The first-order chi connectivity index (χ1) is 12.6. The van der Waals surface area contributed by atoms with E-state index in [0.29, 0.717) is 0 Å². The van der Waals surface area contributed by atoms with Crippen molar-refractivity contribution in [3.05, 3.63) is 59.7 Å². The van der Waals surface area contributed by atoms with Gasteiger partial charge in [0.1, 0.15) is 0 Å². The molecule has 1 fully saturated rings. The summed E-state index contributed by atoms with van der Waals surface area (Å²) in [4.78, 5) is 0.129. The molecule has 2 aromatic carbocycles. The number of benzene rings is 2. The summed E-state index contributed by atoms with van der Waals surface area (Å²) >= 11 is 0. The fourth-order valence-corrected chi connectivity index (χ4v) is 5.84. The van der Waals surface area contributed by atoms with Crippen molar-refractivity contribution in [2.45, 2.75) is 29.7 Å². The van der Waals surface area contributed by atoms with Gasteiger partial charge in [0.2, 0.25) is 20.0 Å². The highest BCUT2D eigenvalue weighted by Crippen LogP contribution is 2.24. The molecule has 27 heavy (non-hydrogen) atoms. The Balaban J connectivity index is 1.92. The smallest absolute Gasteiger partial charge is 0.244 e. The van der Waals surface area contributed by atoms with E-state index in [-0.39, 0.29) is 29.5 Å². The van der Waals surface area contributed by atoms with E-state index >= 15 is 0 Å². The standard InChI is InChI=1S/C18H22N2O5S2/c1-14-3-7-17(8-4-14)26(22,23)19-11-16(21)12-20(13-19)27(24,25)18-9-5-15(2)6-10-18/h3-10,16,21H,11-13H2,1-2H3.